The van der Waals surface area contributed by atoms with Crippen LogP contribution in [0.25, 0.3) is 43.7 Å². The van der Waals surface area contributed by atoms with Gasteiger partial charge in [0.1, 0.15) is 17.5 Å². The Bertz CT molecular complexity index is 6230. The maximum atomic E-state index is 12.9. The van der Waals surface area contributed by atoms with Gasteiger partial charge in [-0.1, -0.05) is 192 Å². The molecule has 119 heavy (non-hydrogen) atoms. The molecular formula is C89H91ClN16O8S5. The van der Waals surface area contributed by atoms with Crippen LogP contribution in [0.15, 0.2) is 271 Å². The molecule has 10 aromatic carbocycles. The van der Waals surface area contributed by atoms with Crippen molar-refractivity contribution in [1.82, 2.24) is 48.1 Å². The van der Waals surface area contributed by atoms with Crippen LogP contribution in [0.3, 0.4) is 0 Å². The van der Waals surface area contributed by atoms with Crippen LogP contribution >= 0.6 is 46.9 Å². The Morgan fingerprint density at radius 1 is 0.412 bits per heavy atom. The van der Waals surface area contributed by atoms with E-state index >= 15 is 0 Å². The standard InChI is InChI=1S/C34H31ClN6O2S.C28H31N5O3S2.C27H29N5O3S2/c35-24-13-14-29-28(19-24)38-34(43)41(29)25-15-17-40(18-16-25)32-26-9-3-4-10-27(26)37-33(39-32)36-20-22-7-1-5-11-30(22)44-31-12-6-2-8-23(31)21-42;1-38(35,36)33-16-14-22(15-17-33)30-27-23-10-4-5-11-24(23)31-28(32-27)29-18-20-8-2-6-12-25(20)37-26-13-7-3-9-21(26)19-34;1-37(34,35)32-16-14-31(15-17-32)26-22-10-4-5-11-23(22)29-27(30-26)28-18-20-8-2-6-12-24(20)36-25-13-7-3-9-21(25)19-33/h1-14,19,25,42H,15-18,20-21H2,(H,38,43)(H,36,37,39);2-13,22,34H,14-19H2,1H3,(H2,29,30,31,32);2-13,33H,14-19H2,1H3,(H,28,29,30). The first-order chi connectivity index (χ1) is 57.9. The van der Waals surface area contributed by atoms with E-state index in [0.29, 0.717) is 94.6 Å². The Labute approximate surface area is 709 Å². The fourth-order valence-corrected chi connectivity index (χ4v) is 20.0. The van der Waals surface area contributed by atoms with Gasteiger partial charge >= 0.3 is 5.69 Å². The lowest BCUT2D eigenvalue weighted by Gasteiger charge is -2.34. The average Bonchev–Trinajstić information content (AvgIpc) is 1.59. The van der Waals surface area contributed by atoms with E-state index in [4.69, 9.17) is 41.5 Å². The molecule has 612 valence electrons. The molecule has 0 saturated carbocycles. The molecule has 17 rings (SSSR count). The number of fused-ring (bicyclic) bond motifs is 4. The first kappa shape index (κ1) is 83.4. The zero-order chi connectivity index (χ0) is 82.4. The Morgan fingerprint density at radius 2 is 0.765 bits per heavy atom. The molecule has 4 aromatic heterocycles. The normalized spacial score (nSPS) is 14.5. The number of rotatable bonds is 25. The number of aliphatic hydroxyl groups excluding tert-OH is 3. The molecule has 7 heterocycles. The van der Waals surface area contributed by atoms with Crippen molar-refractivity contribution in [3.63, 3.8) is 0 Å². The number of nitrogens with zero attached hydrogens (tertiary/aromatic N) is 11. The highest BCUT2D eigenvalue weighted by atomic mass is 35.5. The summed E-state index contributed by atoms with van der Waals surface area (Å²) in [5.41, 5.74) is 10.1. The van der Waals surface area contributed by atoms with Gasteiger partial charge in [0.25, 0.3) is 0 Å². The van der Waals surface area contributed by atoms with Crippen molar-refractivity contribution in [3.05, 3.63) is 285 Å². The molecule has 0 aliphatic carbocycles. The summed E-state index contributed by atoms with van der Waals surface area (Å²) >= 11 is 11.1. The van der Waals surface area contributed by atoms with Crippen LogP contribution in [0.5, 0.6) is 0 Å². The third kappa shape index (κ3) is 20.6. The average molecular weight is 1710 g/mol. The van der Waals surface area contributed by atoms with E-state index in [1.807, 2.05) is 193 Å². The van der Waals surface area contributed by atoms with Gasteiger partial charge < -0.3 is 51.4 Å². The summed E-state index contributed by atoms with van der Waals surface area (Å²) in [5, 5.41) is 46.5. The lowest BCUT2D eigenvalue weighted by atomic mass is 10.0. The highest BCUT2D eigenvalue weighted by Crippen LogP contribution is 2.39. The van der Waals surface area contributed by atoms with Gasteiger partial charge in [0.2, 0.25) is 37.9 Å². The summed E-state index contributed by atoms with van der Waals surface area (Å²) in [6.07, 6.45) is 5.58. The molecule has 0 amide bonds. The number of sulfonamides is 2. The molecule has 3 saturated heterocycles. The number of aromatic amines is 1. The number of anilines is 6. The van der Waals surface area contributed by atoms with Gasteiger partial charge in [0, 0.05) is 135 Å². The van der Waals surface area contributed by atoms with Gasteiger partial charge in [-0.3, -0.25) is 4.57 Å². The lowest BCUT2D eigenvalue weighted by Crippen LogP contribution is -2.48. The number of para-hydroxylation sites is 3. The SMILES string of the molecule is CS(=O)(=O)N1CCC(Nc2nc(NCc3ccccc3Sc3ccccc3CO)nc3ccccc23)CC1.CS(=O)(=O)N1CCN(c2nc(NCc3ccccc3Sc3ccccc3CO)nc3ccccc23)CC1.O=c1[nH]c2cc(Cl)ccc2n1C1CCN(c2nc(NCc3ccccc3Sc3ccccc3CO)nc3ccccc23)CC1. The zero-order valence-electron chi connectivity index (χ0n) is 65.6. The molecule has 0 atom stereocenters. The fourth-order valence-electron chi connectivity index (χ4n) is 14.9. The number of hydrogen-bond donors (Lipinski definition) is 8. The van der Waals surface area contributed by atoms with E-state index < -0.39 is 20.0 Å². The number of halogens is 1. The van der Waals surface area contributed by atoms with Crippen LogP contribution in [0.4, 0.5) is 35.3 Å². The molecular weight excluding hydrogens is 1620 g/mol. The third-order valence-corrected chi connectivity index (χ3v) is 27.7. The quantitative estimate of drug-likeness (QED) is 0.0264. The molecule has 3 aliphatic heterocycles. The highest BCUT2D eigenvalue weighted by Gasteiger charge is 2.30. The number of hydrogen-bond acceptors (Lipinski definition) is 23. The van der Waals surface area contributed by atoms with Crippen LogP contribution in [-0.4, -0.2) is 151 Å². The van der Waals surface area contributed by atoms with E-state index in [2.05, 4.69) is 78.5 Å². The first-order valence-electron chi connectivity index (χ1n) is 39.3. The van der Waals surface area contributed by atoms with Crippen molar-refractivity contribution >= 4 is 146 Å². The zero-order valence-corrected chi connectivity index (χ0v) is 70.5. The van der Waals surface area contributed by atoms with E-state index in [1.54, 1.807) is 41.4 Å². The van der Waals surface area contributed by atoms with Crippen LogP contribution in [0, 0.1) is 0 Å². The Morgan fingerprint density at radius 3 is 1.18 bits per heavy atom. The van der Waals surface area contributed by atoms with Gasteiger partial charge in [-0.25, -0.2) is 40.9 Å². The summed E-state index contributed by atoms with van der Waals surface area (Å²) in [4.78, 5) is 55.7. The van der Waals surface area contributed by atoms with Crippen molar-refractivity contribution < 1.29 is 32.2 Å². The second-order valence-corrected chi connectivity index (χ2v) is 36.7. The number of benzene rings is 10. The number of nitrogens with one attached hydrogen (secondary N) is 5. The monoisotopic (exact) mass is 1710 g/mol. The van der Waals surface area contributed by atoms with Crippen molar-refractivity contribution in [2.45, 2.75) is 107 Å². The van der Waals surface area contributed by atoms with Gasteiger partial charge in [-0.15, -0.1) is 0 Å². The fraction of sp³-hybridized carbons (Fsp3) is 0.247. The second kappa shape index (κ2) is 38.6. The summed E-state index contributed by atoms with van der Waals surface area (Å²) in [7, 11) is -6.38. The molecule has 3 fully saturated rings. The van der Waals surface area contributed by atoms with Crippen molar-refractivity contribution in [2.75, 3.05) is 95.9 Å². The number of aliphatic hydroxyl groups is 3. The number of H-pyrrole nitrogens is 1. The maximum absolute atomic E-state index is 12.9. The molecule has 24 nitrogen and oxygen atoms in total. The predicted octanol–water partition coefficient (Wildman–Crippen LogP) is 15.7. The van der Waals surface area contributed by atoms with Gasteiger partial charge in [0.15, 0.2) is 0 Å². The largest absolute Gasteiger partial charge is 0.392 e. The van der Waals surface area contributed by atoms with E-state index in [1.165, 1.54) is 21.1 Å². The van der Waals surface area contributed by atoms with Crippen LogP contribution < -0.4 is 36.8 Å². The number of piperazine rings is 1. The second-order valence-electron chi connectivity index (χ2n) is 29.1. The molecule has 8 N–H and O–H groups in total. The molecule has 0 bridgehead atoms. The number of aromatic nitrogens is 8. The molecule has 3 aliphatic rings. The Kier molecular flexibility index (Phi) is 27.0. The van der Waals surface area contributed by atoms with Gasteiger partial charge in [0.05, 0.1) is 59.9 Å². The number of piperidine rings is 2. The summed E-state index contributed by atoms with van der Waals surface area (Å²) < 4.78 is 52.6. The topological polar surface area (TPSA) is 305 Å². The minimum absolute atomic E-state index is 0.00192. The predicted molar refractivity (Wildman–Crippen MR) is 479 cm³/mol. The Hall–Kier alpha value is -10.7. The first-order valence-corrected chi connectivity index (χ1v) is 45.8. The molecule has 30 heteroatoms. The lowest BCUT2D eigenvalue weighted by molar-refractivity contribution is 0.278. The van der Waals surface area contributed by atoms with Crippen LogP contribution in [-0.2, 0) is 59.5 Å². The summed E-state index contributed by atoms with van der Waals surface area (Å²) in [6.45, 7) is 6.14. The van der Waals surface area contributed by atoms with Gasteiger partial charge in [-0.2, -0.15) is 19.3 Å². The minimum Gasteiger partial charge on any atom is -0.392 e. The smallest absolute Gasteiger partial charge is 0.326 e. The molecule has 0 unspecified atom stereocenters. The van der Waals surface area contributed by atoms with Crippen molar-refractivity contribution in [1.29, 1.82) is 0 Å². The van der Waals surface area contributed by atoms with Crippen molar-refractivity contribution in [2.24, 2.45) is 0 Å². The maximum Gasteiger partial charge on any atom is 0.326 e. The minimum atomic E-state index is -3.21. The third-order valence-electron chi connectivity index (χ3n) is 21.2. The molecule has 0 radical (unpaired) electrons. The van der Waals surface area contributed by atoms with Crippen LogP contribution in [0.1, 0.15) is 65.1 Å². The number of imidazole rings is 1. The van der Waals surface area contributed by atoms with E-state index in [9.17, 15) is 36.9 Å². The summed E-state index contributed by atoms with van der Waals surface area (Å²) in [5.74, 6) is 4.07. The molecule has 14 aromatic rings. The van der Waals surface area contributed by atoms with E-state index in [-0.39, 0.29) is 37.6 Å². The Balaban J connectivity index is 0.000000140. The van der Waals surface area contributed by atoms with Crippen LogP contribution in [0.2, 0.25) is 5.02 Å². The van der Waals surface area contributed by atoms with Crippen molar-refractivity contribution in [3.8, 4) is 0 Å². The molecule has 0 spiro atoms. The van der Waals surface area contributed by atoms with Gasteiger partial charge in [-0.05, 0) is 150 Å². The van der Waals surface area contributed by atoms with E-state index in [0.717, 1.165) is 150 Å². The summed E-state index contributed by atoms with van der Waals surface area (Å²) in [6, 6.07) is 77.9. The highest BCUT2D eigenvalue weighted by molar-refractivity contribution is 8.00.